The molecule has 0 bridgehead atoms. The van der Waals surface area contributed by atoms with Crippen molar-refractivity contribution < 1.29 is 23.9 Å². The van der Waals surface area contributed by atoms with E-state index in [1.54, 1.807) is 55.6 Å². The van der Waals surface area contributed by atoms with Crippen LogP contribution in [0.3, 0.4) is 0 Å². The van der Waals surface area contributed by atoms with Crippen molar-refractivity contribution in [3.63, 3.8) is 0 Å². The van der Waals surface area contributed by atoms with E-state index >= 15 is 0 Å². The topological polar surface area (TPSA) is 72.9 Å². The molecule has 1 saturated carbocycles. The number of fused-ring (bicyclic) bond motifs is 1. The van der Waals surface area contributed by atoms with Gasteiger partial charge in [-0.2, -0.15) is 0 Å². The van der Waals surface area contributed by atoms with E-state index in [4.69, 9.17) is 9.47 Å². The van der Waals surface area contributed by atoms with E-state index in [0.29, 0.717) is 17.4 Å². The summed E-state index contributed by atoms with van der Waals surface area (Å²) in [5, 5.41) is 0. The van der Waals surface area contributed by atoms with E-state index < -0.39 is 5.97 Å². The Morgan fingerprint density at radius 3 is 2.43 bits per heavy atom. The standard InChI is InChI=1S/C24H25NO5/c1-15-7-12-18-19(13-15)24(28)25(23(18)27)20-5-3-4-6-21(20)30-22(26)14-16-8-10-17(29-2)11-9-16/h3-6,8-11,15,18-19H,7,12-14H2,1-2H3. The normalized spacial score (nSPS) is 23.3. The minimum absolute atomic E-state index is 0.0724. The number of nitrogens with zero attached hydrogens (tertiary/aromatic N) is 1. The molecule has 156 valence electrons. The third-order valence-corrected chi connectivity index (χ3v) is 6.03. The quantitative estimate of drug-likeness (QED) is 0.429. The van der Waals surface area contributed by atoms with Crippen LogP contribution in [-0.4, -0.2) is 24.9 Å². The van der Waals surface area contributed by atoms with Crippen LogP contribution in [0.4, 0.5) is 5.69 Å². The van der Waals surface area contributed by atoms with Crippen LogP contribution in [-0.2, 0) is 20.8 Å². The van der Waals surface area contributed by atoms with Crippen molar-refractivity contribution in [2.45, 2.75) is 32.6 Å². The Bertz CT molecular complexity index is 968. The van der Waals surface area contributed by atoms with Crippen LogP contribution in [0.25, 0.3) is 0 Å². The fraction of sp³-hybridized carbons (Fsp3) is 0.375. The molecule has 2 aromatic rings. The van der Waals surface area contributed by atoms with Gasteiger partial charge < -0.3 is 9.47 Å². The molecule has 3 atom stereocenters. The zero-order chi connectivity index (χ0) is 21.3. The van der Waals surface area contributed by atoms with E-state index in [9.17, 15) is 14.4 Å². The maximum absolute atomic E-state index is 13.0. The summed E-state index contributed by atoms with van der Waals surface area (Å²) in [7, 11) is 1.58. The first-order valence-corrected chi connectivity index (χ1v) is 10.3. The number of imide groups is 1. The van der Waals surface area contributed by atoms with Crippen molar-refractivity contribution in [1.29, 1.82) is 0 Å². The molecule has 6 heteroatoms. The Labute approximate surface area is 175 Å². The molecular weight excluding hydrogens is 382 g/mol. The monoisotopic (exact) mass is 407 g/mol. The molecule has 3 unspecified atom stereocenters. The van der Waals surface area contributed by atoms with Gasteiger partial charge in [0.2, 0.25) is 11.8 Å². The molecule has 0 radical (unpaired) electrons. The highest BCUT2D eigenvalue weighted by Gasteiger charge is 2.50. The van der Waals surface area contributed by atoms with Crippen LogP contribution in [0.5, 0.6) is 11.5 Å². The van der Waals surface area contributed by atoms with Gasteiger partial charge in [-0.3, -0.25) is 14.4 Å². The maximum atomic E-state index is 13.0. The molecule has 6 nitrogen and oxygen atoms in total. The van der Waals surface area contributed by atoms with Gasteiger partial charge in [-0.25, -0.2) is 4.90 Å². The smallest absolute Gasteiger partial charge is 0.315 e. The second-order valence-corrected chi connectivity index (χ2v) is 8.11. The molecule has 2 fully saturated rings. The van der Waals surface area contributed by atoms with Gasteiger partial charge in [0, 0.05) is 0 Å². The lowest BCUT2D eigenvalue weighted by Crippen LogP contribution is -2.31. The lowest BCUT2D eigenvalue weighted by atomic mass is 9.76. The number of carbonyl (C=O) groups excluding carboxylic acids is 3. The number of para-hydroxylation sites is 2. The van der Waals surface area contributed by atoms with Crippen LogP contribution >= 0.6 is 0 Å². The first kappa shape index (κ1) is 20.1. The summed E-state index contributed by atoms with van der Waals surface area (Å²) in [5.74, 6) is -0.00574. The van der Waals surface area contributed by atoms with Crippen molar-refractivity contribution in [2.75, 3.05) is 12.0 Å². The fourth-order valence-corrected chi connectivity index (χ4v) is 4.42. The molecule has 2 aromatic carbocycles. The molecule has 2 amide bonds. The average Bonchev–Trinajstić information content (AvgIpc) is 2.98. The summed E-state index contributed by atoms with van der Waals surface area (Å²) in [6.07, 6.45) is 2.48. The molecular formula is C24H25NO5. The summed E-state index contributed by atoms with van der Waals surface area (Å²) in [6.45, 7) is 2.12. The largest absolute Gasteiger partial charge is 0.497 e. The van der Waals surface area contributed by atoms with Crippen molar-refractivity contribution >= 4 is 23.5 Å². The van der Waals surface area contributed by atoms with Gasteiger partial charge in [-0.05, 0) is 55.0 Å². The highest BCUT2D eigenvalue weighted by atomic mass is 16.5. The lowest BCUT2D eigenvalue weighted by molar-refractivity contribution is -0.133. The molecule has 30 heavy (non-hydrogen) atoms. The van der Waals surface area contributed by atoms with E-state index in [2.05, 4.69) is 6.92 Å². The molecule has 1 aliphatic heterocycles. The van der Waals surface area contributed by atoms with Crippen molar-refractivity contribution in [3.8, 4) is 11.5 Å². The Kier molecular flexibility index (Phi) is 5.57. The minimum atomic E-state index is -0.460. The second-order valence-electron chi connectivity index (χ2n) is 8.11. The predicted octanol–water partition coefficient (Wildman–Crippen LogP) is 3.77. The van der Waals surface area contributed by atoms with Gasteiger partial charge >= 0.3 is 5.97 Å². The zero-order valence-corrected chi connectivity index (χ0v) is 17.2. The minimum Gasteiger partial charge on any atom is -0.497 e. The lowest BCUT2D eigenvalue weighted by Gasteiger charge is -2.25. The Hall–Kier alpha value is -3.15. The number of rotatable bonds is 5. The Morgan fingerprint density at radius 1 is 1.00 bits per heavy atom. The number of hydrogen-bond acceptors (Lipinski definition) is 5. The zero-order valence-electron chi connectivity index (χ0n) is 17.2. The molecule has 1 saturated heterocycles. The molecule has 0 aromatic heterocycles. The first-order chi connectivity index (χ1) is 14.5. The van der Waals surface area contributed by atoms with Crippen molar-refractivity contribution in [3.05, 3.63) is 54.1 Å². The van der Waals surface area contributed by atoms with Crippen molar-refractivity contribution in [1.82, 2.24) is 0 Å². The van der Waals surface area contributed by atoms with Crippen LogP contribution in [0.1, 0.15) is 31.7 Å². The van der Waals surface area contributed by atoms with Crippen LogP contribution in [0, 0.1) is 17.8 Å². The van der Waals surface area contributed by atoms with Gasteiger partial charge in [-0.15, -0.1) is 0 Å². The van der Waals surface area contributed by atoms with Crippen LogP contribution in [0.2, 0.25) is 0 Å². The SMILES string of the molecule is COc1ccc(CC(=O)Oc2ccccc2N2C(=O)C3CCC(C)CC3C2=O)cc1. The van der Waals surface area contributed by atoms with Gasteiger partial charge in [0.1, 0.15) is 5.75 Å². The van der Waals surface area contributed by atoms with Gasteiger partial charge in [-0.1, -0.05) is 31.2 Å². The number of amides is 2. The van der Waals surface area contributed by atoms with Crippen molar-refractivity contribution in [2.24, 2.45) is 17.8 Å². The predicted molar refractivity (Wildman–Crippen MR) is 111 cm³/mol. The number of ether oxygens (including phenoxy) is 2. The van der Waals surface area contributed by atoms with Gasteiger partial charge in [0.15, 0.2) is 5.75 Å². The first-order valence-electron chi connectivity index (χ1n) is 10.3. The van der Waals surface area contributed by atoms with Gasteiger partial charge in [0.05, 0.1) is 31.1 Å². The molecule has 0 N–H and O–H groups in total. The fourth-order valence-electron chi connectivity index (χ4n) is 4.42. The summed E-state index contributed by atoms with van der Waals surface area (Å²) >= 11 is 0. The van der Waals surface area contributed by atoms with E-state index in [-0.39, 0.29) is 35.8 Å². The number of hydrogen-bond donors (Lipinski definition) is 0. The molecule has 0 spiro atoms. The highest BCUT2D eigenvalue weighted by molar-refractivity contribution is 6.22. The highest BCUT2D eigenvalue weighted by Crippen LogP contribution is 2.44. The summed E-state index contributed by atoms with van der Waals surface area (Å²) in [5.41, 5.74) is 1.13. The van der Waals surface area contributed by atoms with Crippen LogP contribution < -0.4 is 14.4 Å². The Balaban J connectivity index is 1.53. The summed E-state index contributed by atoms with van der Waals surface area (Å²) < 4.78 is 10.7. The number of carbonyl (C=O) groups is 3. The van der Waals surface area contributed by atoms with E-state index in [1.165, 1.54) is 4.90 Å². The number of esters is 1. The van der Waals surface area contributed by atoms with Gasteiger partial charge in [0.25, 0.3) is 0 Å². The number of anilines is 1. The molecule has 2 aliphatic rings. The average molecular weight is 407 g/mol. The molecule has 4 rings (SSSR count). The summed E-state index contributed by atoms with van der Waals surface area (Å²) in [4.78, 5) is 39.8. The van der Waals surface area contributed by atoms with Crippen LogP contribution in [0.15, 0.2) is 48.5 Å². The Morgan fingerprint density at radius 2 is 1.70 bits per heavy atom. The third-order valence-electron chi connectivity index (χ3n) is 6.03. The third kappa shape index (κ3) is 3.82. The molecule has 1 heterocycles. The second kappa shape index (κ2) is 8.30. The molecule has 1 aliphatic carbocycles. The van der Waals surface area contributed by atoms with E-state index in [1.807, 2.05) is 0 Å². The number of methoxy groups -OCH3 is 1. The van der Waals surface area contributed by atoms with E-state index in [0.717, 1.165) is 24.8 Å². The maximum Gasteiger partial charge on any atom is 0.315 e. The summed E-state index contributed by atoms with van der Waals surface area (Å²) in [6, 6.07) is 13.9. The number of benzene rings is 2.